The Balaban J connectivity index is 2.02. The minimum Gasteiger partial charge on any atom is -0.350 e. The Hall–Kier alpha value is -1.56. The van der Waals surface area contributed by atoms with Gasteiger partial charge in [-0.05, 0) is 44.5 Å². The zero-order valence-electron chi connectivity index (χ0n) is 11.2. The van der Waals surface area contributed by atoms with E-state index >= 15 is 0 Å². The van der Waals surface area contributed by atoms with E-state index in [1.165, 1.54) is 12.1 Å². The molecule has 0 saturated carbocycles. The van der Waals surface area contributed by atoms with Gasteiger partial charge in [0, 0.05) is 17.6 Å². The van der Waals surface area contributed by atoms with Gasteiger partial charge in [0.2, 0.25) is 0 Å². The first-order valence-corrected chi connectivity index (χ1v) is 6.51. The lowest BCUT2D eigenvalue weighted by Gasteiger charge is -2.24. The molecule has 0 radical (unpaired) electrons. The van der Waals surface area contributed by atoms with Crippen molar-refractivity contribution in [1.82, 2.24) is 10.6 Å². The van der Waals surface area contributed by atoms with E-state index in [0.717, 1.165) is 31.5 Å². The van der Waals surface area contributed by atoms with Crippen LogP contribution < -0.4 is 10.6 Å². The molecule has 1 amide bonds. The van der Waals surface area contributed by atoms with Crippen LogP contribution in [0.2, 0.25) is 0 Å². The summed E-state index contributed by atoms with van der Waals surface area (Å²) in [5.41, 5.74) is -0.950. The molecule has 1 atom stereocenters. The SMILES string of the molecule is CC1(CNC(=O)c2cccc(C(F)(F)F)c2)CCCN1. The number of alkyl halides is 3. The number of halogens is 3. The van der Waals surface area contributed by atoms with Gasteiger partial charge in [0.05, 0.1) is 5.56 Å². The number of carbonyl (C=O) groups is 1. The summed E-state index contributed by atoms with van der Waals surface area (Å²) in [6.45, 7) is 3.30. The molecule has 1 unspecified atom stereocenters. The van der Waals surface area contributed by atoms with E-state index in [1.807, 2.05) is 6.92 Å². The van der Waals surface area contributed by atoms with Gasteiger partial charge in [-0.3, -0.25) is 4.79 Å². The quantitative estimate of drug-likeness (QED) is 0.896. The molecule has 3 nitrogen and oxygen atoms in total. The molecule has 1 fully saturated rings. The number of amides is 1. The summed E-state index contributed by atoms with van der Waals surface area (Å²) in [7, 11) is 0. The maximum Gasteiger partial charge on any atom is 0.416 e. The van der Waals surface area contributed by atoms with Crippen molar-refractivity contribution in [3.8, 4) is 0 Å². The zero-order chi connectivity index (χ0) is 14.8. The van der Waals surface area contributed by atoms with Gasteiger partial charge in [-0.2, -0.15) is 13.2 Å². The van der Waals surface area contributed by atoms with Crippen LogP contribution in [0.25, 0.3) is 0 Å². The number of benzene rings is 1. The smallest absolute Gasteiger partial charge is 0.350 e. The molecule has 1 aromatic carbocycles. The molecular formula is C14H17F3N2O. The first kappa shape index (κ1) is 14.8. The minimum absolute atomic E-state index is 0.0291. The summed E-state index contributed by atoms with van der Waals surface area (Å²) in [4.78, 5) is 11.9. The first-order chi connectivity index (χ1) is 9.30. The summed E-state index contributed by atoms with van der Waals surface area (Å²) in [5.74, 6) is -0.481. The molecule has 0 aromatic heterocycles. The van der Waals surface area contributed by atoms with Crippen molar-refractivity contribution < 1.29 is 18.0 Å². The lowest BCUT2D eigenvalue weighted by Crippen LogP contribution is -2.47. The second kappa shape index (κ2) is 5.44. The number of rotatable bonds is 3. The van der Waals surface area contributed by atoms with Gasteiger partial charge < -0.3 is 10.6 Å². The molecule has 1 saturated heterocycles. The Bertz CT molecular complexity index is 493. The van der Waals surface area contributed by atoms with Crippen molar-refractivity contribution in [3.63, 3.8) is 0 Å². The van der Waals surface area contributed by atoms with E-state index in [9.17, 15) is 18.0 Å². The first-order valence-electron chi connectivity index (χ1n) is 6.51. The van der Waals surface area contributed by atoms with Crippen LogP contribution in [0.3, 0.4) is 0 Å². The number of nitrogens with one attached hydrogen (secondary N) is 2. The lowest BCUT2D eigenvalue weighted by molar-refractivity contribution is -0.137. The monoisotopic (exact) mass is 286 g/mol. The largest absolute Gasteiger partial charge is 0.416 e. The van der Waals surface area contributed by atoms with Crippen LogP contribution in [0.4, 0.5) is 13.2 Å². The van der Waals surface area contributed by atoms with Gasteiger partial charge >= 0.3 is 6.18 Å². The van der Waals surface area contributed by atoms with Gasteiger partial charge in [0.25, 0.3) is 5.91 Å². The van der Waals surface area contributed by atoms with E-state index in [0.29, 0.717) is 6.54 Å². The fourth-order valence-electron chi connectivity index (χ4n) is 2.32. The summed E-state index contributed by atoms with van der Waals surface area (Å²) in [6, 6.07) is 4.46. The highest BCUT2D eigenvalue weighted by Crippen LogP contribution is 2.29. The summed E-state index contributed by atoms with van der Waals surface area (Å²) in [6.07, 6.45) is -2.46. The second-order valence-corrected chi connectivity index (χ2v) is 5.35. The van der Waals surface area contributed by atoms with Gasteiger partial charge in [0.15, 0.2) is 0 Å². The minimum atomic E-state index is -4.44. The van der Waals surface area contributed by atoms with Crippen molar-refractivity contribution in [2.75, 3.05) is 13.1 Å². The topological polar surface area (TPSA) is 41.1 Å². The van der Waals surface area contributed by atoms with Crippen LogP contribution in [-0.2, 0) is 6.18 Å². The molecule has 20 heavy (non-hydrogen) atoms. The third-order valence-corrected chi connectivity index (χ3v) is 3.55. The maximum atomic E-state index is 12.6. The molecule has 2 N–H and O–H groups in total. The molecular weight excluding hydrogens is 269 g/mol. The van der Waals surface area contributed by atoms with Crippen molar-refractivity contribution in [3.05, 3.63) is 35.4 Å². The molecule has 0 bridgehead atoms. The maximum absolute atomic E-state index is 12.6. The fourth-order valence-corrected chi connectivity index (χ4v) is 2.32. The van der Waals surface area contributed by atoms with E-state index in [1.54, 1.807) is 0 Å². The van der Waals surface area contributed by atoms with E-state index in [2.05, 4.69) is 10.6 Å². The van der Waals surface area contributed by atoms with Gasteiger partial charge in [-0.25, -0.2) is 0 Å². The van der Waals surface area contributed by atoms with Gasteiger partial charge in [-0.1, -0.05) is 6.07 Å². The Kier molecular flexibility index (Phi) is 4.04. The van der Waals surface area contributed by atoms with Crippen molar-refractivity contribution in [2.24, 2.45) is 0 Å². The Morgan fingerprint density at radius 2 is 2.20 bits per heavy atom. The fraction of sp³-hybridized carbons (Fsp3) is 0.500. The summed E-state index contributed by atoms with van der Waals surface area (Å²) in [5, 5.41) is 5.97. The average Bonchev–Trinajstić information content (AvgIpc) is 2.83. The Labute approximate surface area is 115 Å². The second-order valence-electron chi connectivity index (χ2n) is 5.35. The number of carbonyl (C=O) groups excluding carboxylic acids is 1. The van der Waals surface area contributed by atoms with Crippen LogP contribution in [0.15, 0.2) is 24.3 Å². The highest BCUT2D eigenvalue weighted by molar-refractivity contribution is 5.94. The highest BCUT2D eigenvalue weighted by atomic mass is 19.4. The molecule has 1 aliphatic rings. The molecule has 0 spiro atoms. The summed E-state index contributed by atoms with van der Waals surface area (Å²) < 4.78 is 37.7. The molecule has 1 aromatic rings. The molecule has 2 rings (SSSR count). The lowest BCUT2D eigenvalue weighted by atomic mass is 10.0. The van der Waals surface area contributed by atoms with E-state index in [-0.39, 0.29) is 11.1 Å². The predicted octanol–water partition coefficient (Wildman–Crippen LogP) is 2.58. The predicted molar refractivity (Wildman–Crippen MR) is 69.4 cm³/mol. The molecule has 1 heterocycles. The van der Waals surface area contributed by atoms with Gasteiger partial charge in [-0.15, -0.1) is 0 Å². The van der Waals surface area contributed by atoms with Crippen LogP contribution in [0.1, 0.15) is 35.7 Å². The van der Waals surface area contributed by atoms with Crippen LogP contribution in [0, 0.1) is 0 Å². The van der Waals surface area contributed by atoms with Gasteiger partial charge in [0.1, 0.15) is 0 Å². The molecule has 110 valence electrons. The normalized spacial score (nSPS) is 22.8. The van der Waals surface area contributed by atoms with E-state index in [4.69, 9.17) is 0 Å². The van der Waals surface area contributed by atoms with Crippen LogP contribution in [0.5, 0.6) is 0 Å². The zero-order valence-corrected chi connectivity index (χ0v) is 11.2. The van der Waals surface area contributed by atoms with Crippen molar-refractivity contribution in [2.45, 2.75) is 31.5 Å². The van der Waals surface area contributed by atoms with Crippen LogP contribution in [-0.4, -0.2) is 24.5 Å². The molecule has 0 aliphatic carbocycles. The average molecular weight is 286 g/mol. The van der Waals surface area contributed by atoms with Crippen molar-refractivity contribution >= 4 is 5.91 Å². The molecule has 6 heteroatoms. The Morgan fingerprint density at radius 1 is 1.45 bits per heavy atom. The van der Waals surface area contributed by atoms with Crippen LogP contribution >= 0.6 is 0 Å². The highest BCUT2D eigenvalue weighted by Gasteiger charge is 2.31. The van der Waals surface area contributed by atoms with Crippen molar-refractivity contribution in [1.29, 1.82) is 0 Å². The number of hydrogen-bond acceptors (Lipinski definition) is 2. The Morgan fingerprint density at radius 3 is 2.80 bits per heavy atom. The summed E-state index contributed by atoms with van der Waals surface area (Å²) >= 11 is 0. The number of hydrogen-bond donors (Lipinski definition) is 2. The van der Waals surface area contributed by atoms with E-state index < -0.39 is 17.6 Å². The third-order valence-electron chi connectivity index (χ3n) is 3.55. The molecule has 1 aliphatic heterocycles. The standard InChI is InChI=1S/C14H17F3N2O/c1-13(6-3-7-19-13)9-18-12(20)10-4-2-5-11(8-10)14(15,16)17/h2,4-5,8,19H,3,6-7,9H2,1H3,(H,18,20). The third kappa shape index (κ3) is 3.50.